The van der Waals surface area contributed by atoms with Gasteiger partial charge in [0.05, 0.1) is 19.0 Å². The molecule has 0 atom stereocenters. The van der Waals surface area contributed by atoms with Crippen molar-refractivity contribution < 1.29 is 15.3 Å². The molecule has 0 aliphatic carbocycles. The van der Waals surface area contributed by atoms with Crippen LogP contribution in [0.15, 0.2) is 0 Å². The van der Waals surface area contributed by atoms with Gasteiger partial charge in [0.2, 0.25) is 0 Å². The predicted octanol–water partition coefficient (Wildman–Crippen LogP) is -1.73. The highest BCUT2D eigenvalue weighted by atomic mass is 16.3. The Bertz CT molecular complexity index is 79.0. The molecule has 0 radical (unpaired) electrons. The van der Waals surface area contributed by atoms with E-state index in [9.17, 15) is 0 Å². The molecule has 0 amide bonds. The molecule has 0 saturated heterocycles. The number of hydrogen-bond acceptors (Lipinski definition) is 4. The van der Waals surface area contributed by atoms with E-state index in [2.05, 4.69) is 0 Å². The van der Waals surface area contributed by atoms with E-state index in [1.54, 1.807) is 0 Å². The minimum Gasteiger partial charge on any atom is -0.394 e. The summed E-state index contributed by atoms with van der Waals surface area (Å²) in [6.07, 6.45) is -0.954. The van der Waals surface area contributed by atoms with Crippen LogP contribution in [0.2, 0.25) is 0 Å². The summed E-state index contributed by atoms with van der Waals surface area (Å²) in [4.78, 5) is 0. The van der Waals surface area contributed by atoms with Gasteiger partial charge in [-0.05, 0) is 6.92 Å². The first-order valence-electron chi connectivity index (χ1n) is 2.75. The summed E-state index contributed by atoms with van der Waals surface area (Å²) in [7, 11) is 0. The van der Waals surface area contributed by atoms with E-state index in [4.69, 9.17) is 26.5 Å². The van der Waals surface area contributed by atoms with Gasteiger partial charge in [-0.3, -0.25) is 5.41 Å². The second-order valence-corrected chi connectivity index (χ2v) is 1.70. The quantitative estimate of drug-likeness (QED) is 0.238. The number of hydrogen-bond donors (Lipinski definition) is 5. The van der Waals surface area contributed by atoms with Gasteiger partial charge in [0.15, 0.2) is 0 Å². The molecule has 0 aliphatic heterocycles. The van der Waals surface area contributed by atoms with Crippen molar-refractivity contribution in [1.29, 1.82) is 5.41 Å². The lowest BCUT2D eigenvalue weighted by Gasteiger charge is -1.96. The van der Waals surface area contributed by atoms with Crippen molar-refractivity contribution >= 4 is 5.84 Å². The van der Waals surface area contributed by atoms with Gasteiger partial charge in [0.1, 0.15) is 6.10 Å². The molecule has 0 saturated carbocycles. The lowest BCUT2D eigenvalue weighted by atomic mass is 10.4. The van der Waals surface area contributed by atoms with Crippen molar-refractivity contribution in [1.82, 2.24) is 0 Å². The molecule has 10 heavy (non-hydrogen) atoms. The van der Waals surface area contributed by atoms with E-state index < -0.39 is 6.10 Å². The standard InChI is InChI=1S/C3H8O3.C2H6N2/c4-1-3(6)2-5;1-2(3)4/h3-6H,1-2H2;1H3,(H3,3,4). The molecule has 0 aromatic heterocycles. The summed E-state index contributed by atoms with van der Waals surface area (Å²) in [5, 5.41) is 30.3. The summed E-state index contributed by atoms with van der Waals surface area (Å²) >= 11 is 0. The minimum atomic E-state index is -0.954. The van der Waals surface area contributed by atoms with Gasteiger partial charge in [-0.1, -0.05) is 0 Å². The maximum absolute atomic E-state index is 8.17. The van der Waals surface area contributed by atoms with Gasteiger partial charge in [0.25, 0.3) is 0 Å². The second kappa shape index (κ2) is 8.35. The van der Waals surface area contributed by atoms with E-state index in [1.165, 1.54) is 6.92 Å². The van der Waals surface area contributed by atoms with Crippen molar-refractivity contribution in [3.05, 3.63) is 0 Å². The van der Waals surface area contributed by atoms with Crippen molar-refractivity contribution in [2.24, 2.45) is 5.73 Å². The highest BCUT2D eigenvalue weighted by molar-refractivity contribution is 5.73. The van der Waals surface area contributed by atoms with E-state index in [-0.39, 0.29) is 19.0 Å². The molecule has 5 nitrogen and oxygen atoms in total. The fourth-order valence-electron chi connectivity index (χ4n) is 0.0577. The van der Waals surface area contributed by atoms with Gasteiger partial charge in [-0.2, -0.15) is 0 Å². The van der Waals surface area contributed by atoms with E-state index >= 15 is 0 Å². The number of aliphatic hydroxyl groups is 3. The van der Waals surface area contributed by atoms with E-state index in [0.29, 0.717) is 0 Å². The summed E-state index contributed by atoms with van der Waals surface area (Å²) in [5.74, 6) is 0.167. The fraction of sp³-hybridized carbons (Fsp3) is 0.800. The molecular weight excluding hydrogens is 136 g/mol. The number of rotatable bonds is 2. The highest BCUT2D eigenvalue weighted by Crippen LogP contribution is 1.71. The maximum atomic E-state index is 8.17. The molecule has 62 valence electrons. The Balaban J connectivity index is 0. The van der Waals surface area contributed by atoms with Crippen molar-refractivity contribution in [3.8, 4) is 0 Å². The van der Waals surface area contributed by atoms with Crippen LogP contribution in [0.1, 0.15) is 6.92 Å². The van der Waals surface area contributed by atoms with Crippen LogP contribution in [0, 0.1) is 5.41 Å². The fourth-order valence-corrected chi connectivity index (χ4v) is 0.0577. The normalized spacial score (nSPS) is 8.50. The molecule has 0 rings (SSSR count). The number of nitrogens with two attached hydrogens (primary N) is 1. The van der Waals surface area contributed by atoms with Crippen LogP contribution in [0.3, 0.4) is 0 Å². The number of nitrogens with one attached hydrogen (secondary N) is 1. The van der Waals surface area contributed by atoms with Crippen molar-refractivity contribution in [3.63, 3.8) is 0 Å². The Hall–Kier alpha value is -0.650. The highest BCUT2D eigenvalue weighted by Gasteiger charge is 1.93. The van der Waals surface area contributed by atoms with Crippen LogP contribution in [-0.2, 0) is 0 Å². The average molecular weight is 150 g/mol. The Kier molecular flexibility index (Phi) is 10.1. The SMILES string of the molecule is CC(=N)N.OCC(O)CO. The summed E-state index contributed by atoms with van der Waals surface area (Å²) in [6, 6.07) is 0. The number of amidine groups is 1. The molecule has 0 fully saturated rings. The summed E-state index contributed by atoms with van der Waals surface area (Å²) in [6.45, 7) is 0.799. The molecule has 5 heteroatoms. The van der Waals surface area contributed by atoms with Crippen LogP contribution < -0.4 is 5.73 Å². The monoisotopic (exact) mass is 150 g/mol. The average Bonchev–Trinajstić information content (AvgIpc) is 1.85. The predicted molar refractivity (Wildman–Crippen MR) is 37.8 cm³/mol. The smallest absolute Gasteiger partial charge is 0.100 e. The Morgan fingerprint density at radius 1 is 1.50 bits per heavy atom. The maximum Gasteiger partial charge on any atom is 0.100 e. The van der Waals surface area contributed by atoms with Crippen LogP contribution in [0.25, 0.3) is 0 Å². The number of aliphatic hydroxyl groups excluding tert-OH is 3. The first-order valence-corrected chi connectivity index (χ1v) is 2.75. The zero-order valence-electron chi connectivity index (χ0n) is 5.91. The summed E-state index contributed by atoms with van der Waals surface area (Å²) < 4.78 is 0. The first-order chi connectivity index (χ1) is 4.54. The third kappa shape index (κ3) is 26.4. The molecule has 0 bridgehead atoms. The van der Waals surface area contributed by atoms with Gasteiger partial charge in [-0.15, -0.1) is 0 Å². The Labute approximate surface area is 59.6 Å². The molecule has 0 spiro atoms. The van der Waals surface area contributed by atoms with Crippen LogP contribution in [0.4, 0.5) is 0 Å². The lowest BCUT2D eigenvalue weighted by molar-refractivity contribution is 0.0450. The van der Waals surface area contributed by atoms with Crippen LogP contribution in [0.5, 0.6) is 0 Å². The van der Waals surface area contributed by atoms with Gasteiger partial charge in [0, 0.05) is 0 Å². The minimum absolute atomic E-state index is 0.167. The van der Waals surface area contributed by atoms with Crippen LogP contribution in [-0.4, -0.2) is 40.5 Å². The Morgan fingerprint density at radius 3 is 1.70 bits per heavy atom. The zero-order chi connectivity index (χ0) is 8.57. The zero-order valence-corrected chi connectivity index (χ0v) is 5.91. The molecular formula is C5H14N2O3. The summed E-state index contributed by atoms with van der Waals surface area (Å²) in [5.41, 5.74) is 4.69. The third-order valence-corrected chi connectivity index (χ3v) is 0.421. The molecule has 0 aliphatic rings. The third-order valence-electron chi connectivity index (χ3n) is 0.421. The first kappa shape index (κ1) is 12.1. The second-order valence-electron chi connectivity index (χ2n) is 1.70. The van der Waals surface area contributed by atoms with Gasteiger partial charge < -0.3 is 21.1 Å². The molecule has 0 unspecified atom stereocenters. The Morgan fingerprint density at radius 2 is 1.70 bits per heavy atom. The topological polar surface area (TPSA) is 111 Å². The van der Waals surface area contributed by atoms with Crippen molar-refractivity contribution in [2.75, 3.05) is 13.2 Å². The van der Waals surface area contributed by atoms with Gasteiger partial charge in [-0.25, -0.2) is 0 Å². The molecule has 0 heterocycles. The van der Waals surface area contributed by atoms with Crippen molar-refractivity contribution in [2.45, 2.75) is 13.0 Å². The van der Waals surface area contributed by atoms with Gasteiger partial charge >= 0.3 is 0 Å². The van der Waals surface area contributed by atoms with E-state index in [1.807, 2.05) is 0 Å². The molecule has 6 N–H and O–H groups in total. The van der Waals surface area contributed by atoms with E-state index in [0.717, 1.165) is 0 Å². The lowest BCUT2D eigenvalue weighted by Crippen LogP contribution is -2.15. The molecule has 0 aromatic rings. The van der Waals surface area contributed by atoms with Crippen LogP contribution >= 0.6 is 0 Å². The molecule has 0 aromatic carbocycles. The largest absolute Gasteiger partial charge is 0.394 e.